The maximum absolute atomic E-state index is 6.08. The van der Waals surface area contributed by atoms with E-state index in [2.05, 4.69) is 33.0 Å². The minimum absolute atomic E-state index is 0.236. The van der Waals surface area contributed by atoms with Crippen molar-refractivity contribution in [2.24, 2.45) is 0 Å². The molecule has 0 saturated heterocycles. The summed E-state index contributed by atoms with van der Waals surface area (Å²) in [5, 5.41) is 3.45. The van der Waals surface area contributed by atoms with Gasteiger partial charge in [-0.2, -0.15) is 0 Å². The van der Waals surface area contributed by atoms with Crippen LogP contribution in [-0.4, -0.2) is 23.1 Å². The van der Waals surface area contributed by atoms with Gasteiger partial charge in [-0.15, -0.1) is 0 Å². The molecule has 21 heavy (non-hydrogen) atoms. The van der Waals surface area contributed by atoms with Crippen LogP contribution in [0.2, 0.25) is 0 Å². The summed E-state index contributed by atoms with van der Waals surface area (Å²) >= 11 is 0. The molecule has 0 bridgehead atoms. The monoisotopic (exact) mass is 291 g/mol. The number of nitrogens with zero attached hydrogens (tertiary/aromatic N) is 2. The van der Waals surface area contributed by atoms with Gasteiger partial charge in [0, 0.05) is 30.1 Å². The van der Waals surface area contributed by atoms with E-state index in [1.165, 1.54) is 18.4 Å². The first-order valence-electron chi connectivity index (χ1n) is 8.32. The lowest BCUT2D eigenvalue weighted by Crippen LogP contribution is -2.30. The molecule has 0 spiro atoms. The Bertz CT molecular complexity index is 444. The van der Waals surface area contributed by atoms with Crippen molar-refractivity contribution in [2.45, 2.75) is 71.9 Å². The van der Waals surface area contributed by atoms with Crippen LogP contribution in [0.15, 0.2) is 0 Å². The van der Waals surface area contributed by atoms with Crippen LogP contribution in [0.4, 0.5) is 0 Å². The molecule has 1 heterocycles. The summed E-state index contributed by atoms with van der Waals surface area (Å²) in [5.74, 6) is 0.899. The van der Waals surface area contributed by atoms with Gasteiger partial charge in [0.1, 0.15) is 5.60 Å². The fourth-order valence-electron chi connectivity index (χ4n) is 3.24. The standard InChI is InChI=1S/C17H29N3O/c1-5-11-18-12-15-13(3)19-16(20-14(15)4)17(21-6-2)9-7-8-10-17/h18H,5-12H2,1-4H3. The van der Waals surface area contributed by atoms with Gasteiger partial charge in [-0.05, 0) is 59.4 Å². The Hall–Kier alpha value is -1.00. The Morgan fingerprint density at radius 3 is 2.24 bits per heavy atom. The van der Waals surface area contributed by atoms with Crippen molar-refractivity contribution in [2.75, 3.05) is 13.2 Å². The van der Waals surface area contributed by atoms with Crippen LogP contribution < -0.4 is 5.32 Å². The molecular formula is C17H29N3O. The third kappa shape index (κ3) is 3.61. The summed E-state index contributed by atoms with van der Waals surface area (Å²) in [5.41, 5.74) is 3.18. The van der Waals surface area contributed by atoms with E-state index in [-0.39, 0.29) is 5.60 Å². The van der Waals surface area contributed by atoms with Crippen LogP contribution in [0.5, 0.6) is 0 Å². The highest BCUT2D eigenvalue weighted by Crippen LogP contribution is 2.40. The van der Waals surface area contributed by atoms with Crippen LogP contribution in [0.1, 0.15) is 68.7 Å². The van der Waals surface area contributed by atoms with Gasteiger partial charge in [0.2, 0.25) is 0 Å². The van der Waals surface area contributed by atoms with Crippen molar-refractivity contribution >= 4 is 0 Å². The Kier molecular flexibility index (Phi) is 5.71. The lowest BCUT2D eigenvalue weighted by molar-refractivity contribution is -0.0459. The van der Waals surface area contributed by atoms with Gasteiger partial charge in [0.25, 0.3) is 0 Å². The molecule has 4 nitrogen and oxygen atoms in total. The molecule has 4 heteroatoms. The molecule has 0 radical (unpaired) electrons. The first kappa shape index (κ1) is 16.4. The number of hydrogen-bond donors (Lipinski definition) is 1. The van der Waals surface area contributed by atoms with Crippen molar-refractivity contribution in [3.05, 3.63) is 22.8 Å². The minimum atomic E-state index is -0.236. The second-order valence-corrected chi connectivity index (χ2v) is 6.01. The molecule has 0 atom stereocenters. The minimum Gasteiger partial charge on any atom is -0.367 e. The second kappa shape index (κ2) is 7.32. The molecule has 1 aliphatic rings. The van der Waals surface area contributed by atoms with Crippen molar-refractivity contribution in [3.8, 4) is 0 Å². The predicted molar refractivity (Wildman–Crippen MR) is 85.3 cm³/mol. The molecule has 0 unspecified atom stereocenters. The van der Waals surface area contributed by atoms with Gasteiger partial charge in [0.05, 0.1) is 0 Å². The van der Waals surface area contributed by atoms with Crippen LogP contribution in [0.25, 0.3) is 0 Å². The van der Waals surface area contributed by atoms with E-state index in [9.17, 15) is 0 Å². The zero-order valence-electron chi connectivity index (χ0n) is 14.0. The molecule has 2 rings (SSSR count). The summed E-state index contributed by atoms with van der Waals surface area (Å²) in [6, 6.07) is 0. The van der Waals surface area contributed by atoms with Gasteiger partial charge < -0.3 is 10.1 Å². The van der Waals surface area contributed by atoms with Gasteiger partial charge in [-0.3, -0.25) is 0 Å². The number of nitrogens with one attached hydrogen (secondary N) is 1. The molecule has 0 aliphatic heterocycles. The molecule has 1 aromatic rings. The van der Waals surface area contributed by atoms with E-state index in [1.54, 1.807) is 0 Å². The molecule has 0 amide bonds. The fraction of sp³-hybridized carbons (Fsp3) is 0.765. The average Bonchev–Trinajstić information content (AvgIpc) is 2.92. The number of hydrogen-bond acceptors (Lipinski definition) is 4. The van der Waals surface area contributed by atoms with Crippen LogP contribution >= 0.6 is 0 Å². The molecule has 118 valence electrons. The quantitative estimate of drug-likeness (QED) is 0.782. The number of aromatic nitrogens is 2. The highest BCUT2D eigenvalue weighted by atomic mass is 16.5. The van der Waals surface area contributed by atoms with E-state index in [1.807, 2.05) is 0 Å². The Balaban J connectivity index is 2.25. The molecule has 1 saturated carbocycles. The lowest BCUT2D eigenvalue weighted by Gasteiger charge is -2.28. The third-order valence-electron chi connectivity index (χ3n) is 4.39. The zero-order valence-corrected chi connectivity index (χ0v) is 14.0. The van der Waals surface area contributed by atoms with E-state index in [0.717, 1.165) is 56.2 Å². The maximum atomic E-state index is 6.08. The number of rotatable bonds is 7. The molecule has 0 aromatic carbocycles. The van der Waals surface area contributed by atoms with Crippen LogP contribution in [-0.2, 0) is 16.9 Å². The summed E-state index contributed by atoms with van der Waals surface area (Å²) in [6.45, 7) is 11.0. The third-order valence-corrected chi connectivity index (χ3v) is 4.39. The van der Waals surface area contributed by atoms with Gasteiger partial charge in [-0.25, -0.2) is 9.97 Å². The van der Waals surface area contributed by atoms with E-state index in [0.29, 0.717) is 0 Å². The second-order valence-electron chi connectivity index (χ2n) is 6.01. The van der Waals surface area contributed by atoms with Crippen molar-refractivity contribution < 1.29 is 4.74 Å². The lowest BCUT2D eigenvalue weighted by atomic mass is 10.00. The molecular weight excluding hydrogens is 262 g/mol. The Morgan fingerprint density at radius 1 is 1.10 bits per heavy atom. The summed E-state index contributed by atoms with van der Waals surface area (Å²) in [7, 11) is 0. The van der Waals surface area contributed by atoms with E-state index in [4.69, 9.17) is 14.7 Å². The van der Waals surface area contributed by atoms with Crippen LogP contribution in [0.3, 0.4) is 0 Å². The first-order chi connectivity index (χ1) is 10.1. The number of aryl methyl sites for hydroxylation is 2. The van der Waals surface area contributed by atoms with Crippen molar-refractivity contribution in [1.29, 1.82) is 0 Å². The molecule has 1 N–H and O–H groups in total. The summed E-state index contributed by atoms with van der Waals surface area (Å²) in [6.07, 6.45) is 5.66. The highest BCUT2D eigenvalue weighted by molar-refractivity contribution is 5.26. The molecule has 1 aliphatic carbocycles. The van der Waals surface area contributed by atoms with Gasteiger partial charge >= 0.3 is 0 Å². The first-order valence-corrected chi connectivity index (χ1v) is 8.32. The van der Waals surface area contributed by atoms with Crippen molar-refractivity contribution in [1.82, 2.24) is 15.3 Å². The highest BCUT2D eigenvalue weighted by Gasteiger charge is 2.39. The normalized spacial score (nSPS) is 17.3. The van der Waals surface area contributed by atoms with Crippen LogP contribution in [0, 0.1) is 13.8 Å². The summed E-state index contributed by atoms with van der Waals surface area (Å²) < 4.78 is 6.08. The predicted octanol–water partition coefficient (Wildman–Crippen LogP) is 3.40. The van der Waals surface area contributed by atoms with E-state index < -0.39 is 0 Å². The Labute approximate surface area is 128 Å². The van der Waals surface area contributed by atoms with Gasteiger partial charge in [-0.1, -0.05) is 6.92 Å². The fourth-order valence-corrected chi connectivity index (χ4v) is 3.24. The maximum Gasteiger partial charge on any atom is 0.160 e. The van der Waals surface area contributed by atoms with Crippen molar-refractivity contribution in [3.63, 3.8) is 0 Å². The topological polar surface area (TPSA) is 47.0 Å². The Morgan fingerprint density at radius 2 is 1.71 bits per heavy atom. The van der Waals surface area contributed by atoms with Gasteiger partial charge in [0.15, 0.2) is 5.82 Å². The zero-order chi connectivity index (χ0) is 15.3. The summed E-state index contributed by atoms with van der Waals surface area (Å²) in [4.78, 5) is 9.62. The largest absolute Gasteiger partial charge is 0.367 e. The molecule has 1 fully saturated rings. The molecule has 1 aromatic heterocycles. The smallest absolute Gasteiger partial charge is 0.160 e. The average molecular weight is 291 g/mol. The SMILES string of the molecule is CCCNCc1c(C)nc(C2(OCC)CCCC2)nc1C. The van der Waals surface area contributed by atoms with E-state index >= 15 is 0 Å². The number of ether oxygens (including phenoxy) is 1.